The maximum absolute atomic E-state index is 13.9. The van der Waals surface area contributed by atoms with E-state index in [1.807, 2.05) is 13.8 Å². The largest absolute Gasteiger partial charge is 0.481 e. The zero-order valence-corrected chi connectivity index (χ0v) is 50.5. The van der Waals surface area contributed by atoms with Crippen molar-refractivity contribution >= 4 is 104 Å². The normalized spacial score (nSPS) is 18.4. The van der Waals surface area contributed by atoms with Crippen LogP contribution >= 0.6 is 34.4 Å². The van der Waals surface area contributed by atoms with Crippen LogP contribution in [0.2, 0.25) is 0 Å². The number of ether oxygens (including phenoxy) is 4. The number of carboxylic acid groups (broad SMARTS) is 1. The van der Waals surface area contributed by atoms with Crippen molar-refractivity contribution in [2.45, 2.75) is 164 Å². The number of carbonyl (C=O) groups is 9. The van der Waals surface area contributed by atoms with Gasteiger partial charge in [-0.3, -0.25) is 43.3 Å². The van der Waals surface area contributed by atoms with Crippen LogP contribution in [0.3, 0.4) is 0 Å². The maximum atomic E-state index is 13.9. The molecule has 7 N–H and O–H groups in total. The zero-order valence-electron chi connectivity index (χ0n) is 47.5. The molecule has 26 heteroatoms. The minimum Gasteiger partial charge on any atom is -0.481 e. The van der Waals surface area contributed by atoms with Crippen molar-refractivity contribution in [1.82, 2.24) is 35.7 Å². The number of unbranched alkanes of at least 4 members (excludes halogenated alkanes) is 1. The number of halogens is 1. The zero-order chi connectivity index (χ0) is 60.8. The summed E-state index contributed by atoms with van der Waals surface area (Å²) < 4.78 is 23.3. The number of aliphatic hydroxyl groups is 1. The first-order valence-electron chi connectivity index (χ1n) is 28.0. The number of carbonyl (C=O) groups excluding carboxylic acids is 8. The van der Waals surface area contributed by atoms with E-state index in [1.165, 1.54) is 35.4 Å². The van der Waals surface area contributed by atoms with E-state index in [1.54, 1.807) is 37.3 Å². The Morgan fingerprint density at radius 2 is 1.63 bits per heavy atom. The second-order valence-corrected chi connectivity index (χ2v) is 26.0. The van der Waals surface area contributed by atoms with E-state index in [4.69, 9.17) is 23.9 Å². The number of aromatic nitrogens is 2. The molecule has 0 spiro atoms. The average molecular weight is 1290 g/mol. The third-order valence-corrected chi connectivity index (χ3v) is 18.9. The van der Waals surface area contributed by atoms with Crippen molar-refractivity contribution in [1.29, 1.82) is 0 Å². The number of likely N-dealkylation sites (tertiary alicyclic amines) is 1. The molecule has 2 aromatic heterocycles. The van der Waals surface area contributed by atoms with Gasteiger partial charge in [-0.15, -0.1) is 11.8 Å². The maximum Gasteiger partial charge on any atom is 0.407 e. The lowest BCUT2D eigenvalue weighted by atomic mass is 9.86. The van der Waals surface area contributed by atoms with Crippen LogP contribution in [-0.2, 0) is 79.7 Å². The van der Waals surface area contributed by atoms with Gasteiger partial charge in [0.15, 0.2) is 17.1 Å². The number of thioether (sulfide) groups is 1. The Hall–Kier alpha value is -7.33. The number of alkyl halides is 1. The van der Waals surface area contributed by atoms with E-state index in [-0.39, 0.29) is 109 Å². The molecule has 1 saturated heterocycles. The topological polar surface area (TPSA) is 329 Å². The number of esters is 1. The first kappa shape index (κ1) is 62.7. The second kappa shape index (κ2) is 26.7. The highest BCUT2D eigenvalue weighted by molar-refractivity contribution is 14.1. The number of aliphatic carboxylic acids is 1. The van der Waals surface area contributed by atoms with E-state index < -0.39 is 82.6 Å². The number of alkyl carbamates (subject to hydrolysis) is 1. The number of anilines is 1. The number of rotatable bonds is 26. The first-order chi connectivity index (χ1) is 40.0. The van der Waals surface area contributed by atoms with Gasteiger partial charge in [-0.05, 0) is 80.3 Å². The molecule has 24 nitrogen and oxygen atoms in total. The van der Waals surface area contributed by atoms with E-state index in [0.717, 1.165) is 30.6 Å². The fraction of sp³-hybridized carbons (Fsp3) is 0.500. The molecule has 6 atom stereocenters. The van der Waals surface area contributed by atoms with Crippen LogP contribution in [0.25, 0.3) is 22.3 Å². The van der Waals surface area contributed by atoms with Gasteiger partial charge in [0.2, 0.25) is 42.2 Å². The van der Waals surface area contributed by atoms with E-state index in [0.29, 0.717) is 50.5 Å². The smallest absolute Gasteiger partial charge is 0.407 e. The molecular weight excluding hydrogens is 1220 g/mol. The van der Waals surface area contributed by atoms with Crippen molar-refractivity contribution in [3.05, 3.63) is 80.6 Å². The third-order valence-electron chi connectivity index (χ3n) is 15.2. The first-order valence-corrected chi connectivity index (χ1v) is 30.0. The van der Waals surface area contributed by atoms with E-state index >= 15 is 0 Å². The molecule has 4 aromatic rings. The lowest BCUT2D eigenvalue weighted by molar-refractivity contribution is -0.172. The molecular formula is C58H69IN8O16S. The van der Waals surface area contributed by atoms with Crippen molar-refractivity contribution in [2.24, 2.45) is 5.92 Å². The lowest BCUT2D eigenvalue weighted by Gasteiger charge is -2.31. The Labute approximate surface area is 501 Å². The fourth-order valence-corrected chi connectivity index (χ4v) is 13.1. The van der Waals surface area contributed by atoms with Crippen LogP contribution in [0, 0.1) is 5.92 Å². The Bertz CT molecular complexity index is 3340. The predicted molar refractivity (Wildman–Crippen MR) is 314 cm³/mol. The number of nitrogens with one attached hydrogen (secondary N) is 5. The molecule has 2 aromatic carbocycles. The van der Waals surface area contributed by atoms with Gasteiger partial charge in [0.25, 0.3) is 5.56 Å². The van der Waals surface area contributed by atoms with Crippen LogP contribution in [-0.4, -0.2) is 118 Å². The number of benzene rings is 2. The van der Waals surface area contributed by atoms with Gasteiger partial charge < -0.3 is 60.3 Å². The monoisotopic (exact) mass is 1290 g/mol. The molecule has 0 saturated carbocycles. The average Bonchev–Trinajstić information content (AvgIpc) is 1.54. The van der Waals surface area contributed by atoms with Gasteiger partial charge in [-0.2, -0.15) is 0 Å². The third kappa shape index (κ3) is 14.1. The van der Waals surface area contributed by atoms with Crippen molar-refractivity contribution < 1.29 is 72.3 Å². The number of nitrogens with zero attached hydrogens (tertiary/aromatic N) is 3. The summed E-state index contributed by atoms with van der Waals surface area (Å²) in [6.45, 7) is 10.1. The molecule has 0 radical (unpaired) electrons. The molecule has 0 aliphatic carbocycles. The minimum atomic E-state index is -2.03. The van der Waals surface area contributed by atoms with Crippen molar-refractivity contribution in [2.75, 3.05) is 18.7 Å². The summed E-state index contributed by atoms with van der Waals surface area (Å²) in [5, 5.41) is 34.2. The van der Waals surface area contributed by atoms with Crippen molar-refractivity contribution in [3.8, 4) is 22.9 Å². The molecule has 4 aliphatic rings. The van der Waals surface area contributed by atoms with Crippen LogP contribution in [0.5, 0.6) is 11.5 Å². The summed E-state index contributed by atoms with van der Waals surface area (Å²) in [5.74, 6) is -4.81. The summed E-state index contributed by atoms with van der Waals surface area (Å²) in [7, 11) is 0. The molecule has 2 unspecified atom stereocenters. The molecule has 1 fully saturated rings. The molecule has 0 bridgehead atoms. The number of hydrogen-bond donors (Lipinski definition) is 7. The highest BCUT2D eigenvalue weighted by Crippen LogP contribution is 2.46. The Kier molecular flexibility index (Phi) is 19.9. The summed E-state index contributed by atoms with van der Waals surface area (Å²) in [6.07, 6.45) is 2.06. The summed E-state index contributed by atoms with van der Waals surface area (Å²) >= 11 is 3.87. The van der Waals surface area contributed by atoms with Crippen LogP contribution in [0.15, 0.2) is 47.3 Å². The quantitative estimate of drug-likeness (QED) is 0.0155. The van der Waals surface area contributed by atoms with Crippen LogP contribution in [0.1, 0.15) is 134 Å². The molecule has 6 heterocycles. The number of amides is 7. The standard InChI is InChI=1S/C58H69IN8O16S/c1-7-10-18-57(59,8-2)84-45-24-47(69)66(54(45)76)19-17-46(68)63-41(20-30(4)5)52(74)61-31(6)50(72)65-39(15-16-48(70)71)51(73)62-33-13-11-32(12-14-33)27-81-56(78)60-25-35-34-21-43-44(83-29-82-43)23-40(34)64-49-36(35)26-67-42(49)22-38-37(53(67)75)28-80-55(77)58(38,79)9-3/h11-14,21-23,30-31,39,41,45,79H,7-10,15-20,24-29H2,1-6H3,(H,60,78)(H,61,74)(H,62,73)(H,63,68)(H,65,72)(H,70,71)/t31-,39-,41+,45?,57?,58-/m0/s1. The number of fused-ring (bicyclic) bond motifs is 6. The fourth-order valence-electron chi connectivity index (χ4n) is 10.4. The lowest BCUT2D eigenvalue weighted by Crippen LogP contribution is -2.55. The Balaban J connectivity index is 0.849. The number of pyridine rings is 2. The van der Waals surface area contributed by atoms with E-state index in [2.05, 4.69) is 63.0 Å². The number of hydrogen-bond acceptors (Lipinski definition) is 17. The highest BCUT2D eigenvalue weighted by Gasteiger charge is 2.46. The van der Waals surface area contributed by atoms with Gasteiger partial charge >= 0.3 is 18.0 Å². The van der Waals surface area contributed by atoms with Gasteiger partial charge in [-0.25, -0.2) is 14.6 Å². The molecule has 84 heavy (non-hydrogen) atoms. The molecule has 4 aliphatic heterocycles. The van der Waals surface area contributed by atoms with Crippen molar-refractivity contribution in [3.63, 3.8) is 0 Å². The number of cyclic esters (lactones) is 1. The summed E-state index contributed by atoms with van der Waals surface area (Å²) in [6, 6.07) is 7.49. The SMILES string of the molecule is CCCCC(I)(CC)SC1CC(=O)N(CCC(=O)N[C@H](CC(C)C)C(=O)N[C@@H](C)C(=O)N[C@@H](CCC(=O)O)C(=O)Nc2ccc(COC(=O)NCc3c4c(nc5cc6c(cc35)OCO6)-c3cc5c(c(=O)n3C4)COC(=O)[C@]5(O)CC)cc2)C1=O. The summed E-state index contributed by atoms with van der Waals surface area (Å²) in [5.41, 5.74) is 1.06. The minimum absolute atomic E-state index is 0.00846. The number of imide groups is 1. The Morgan fingerprint density at radius 1 is 0.905 bits per heavy atom. The molecule has 450 valence electrons. The Morgan fingerprint density at radius 3 is 2.31 bits per heavy atom. The highest BCUT2D eigenvalue weighted by atomic mass is 127. The van der Waals surface area contributed by atoms with Gasteiger partial charge in [0, 0.05) is 60.6 Å². The van der Waals surface area contributed by atoms with Gasteiger partial charge in [-0.1, -0.05) is 82.2 Å². The molecule has 8 rings (SSSR count). The number of carboxylic acids is 1. The van der Waals surface area contributed by atoms with Gasteiger partial charge in [0.05, 0.1) is 37.0 Å². The second-order valence-electron chi connectivity index (χ2n) is 21.6. The molecule has 7 amide bonds. The predicted octanol–water partition coefficient (Wildman–Crippen LogP) is 5.54. The van der Waals surface area contributed by atoms with Crippen LogP contribution < -0.4 is 41.6 Å². The van der Waals surface area contributed by atoms with E-state index in [9.17, 15) is 58.2 Å². The van der Waals surface area contributed by atoms with Gasteiger partial charge in [0.1, 0.15) is 31.3 Å². The van der Waals surface area contributed by atoms with Crippen LogP contribution in [0.4, 0.5) is 10.5 Å². The summed E-state index contributed by atoms with van der Waals surface area (Å²) in [4.78, 5) is 138.